The predicted octanol–water partition coefficient (Wildman–Crippen LogP) is 18.2. The van der Waals surface area contributed by atoms with Gasteiger partial charge in [0.1, 0.15) is 5.75 Å². The molecule has 0 spiro atoms. The van der Waals surface area contributed by atoms with Gasteiger partial charge in [0.25, 0.3) is 0 Å². The number of rotatable bonds is 38. The molecule has 0 bridgehead atoms. The van der Waals surface area contributed by atoms with Crippen molar-refractivity contribution in [2.45, 2.75) is 238 Å². The molecule has 0 atom stereocenters. The number of fused-ring (bicyclic) bond motifs is 4. The van der Waals surface area contributed by atoms with Crippen LogP contribution >= 0.6 is 0 Å². The van der Waals surface area contributed by atoms with E-state index in [2.05, 4.69) is 68.4 Å². The van der Waals surface area contributed by atoms with Crippen molar-refractivity contribution < 1.29 is 14.3 Å². The van der Waals surface area contributed by atoms with E-state index in [1.54, 1.807) is 0 Å². The van der Waals surface area contributed by atoms with Gasteiger partial charge in [0.05, 0.1) is 0 Å². The van der Waals surface area contributed by atoms with E-state index in [9.17, 15) is 5.02 Å². The van der Waals surface area contributed by atoms with Crippen LogP contribution in [0.25, 0.3) is 32.3 Å². The third-order valence-electron chi connectivity index (χ3n) is 13.0. The smallest absolute Gasteiger partial charge is 0.511 e. The van der Waals surface area contributed by atoms with Crippen molar-refractivity contribution >= 4 is 39.6 Å². The Hall–Kier alpha value is -2.56. The second kappa shape index (κ2) is 32.2. The molecule has 0 aliphatic rings. The molecule has 0 saturated heterocycles. The summed E-state index contributed by atoms with van der Waals surface area (Å²) in [5, 5.41) is 18.2. The summed E-state index contributed by atoms with van der Waals surface area (Å²) in [4.78, 5) is 0. The normalized spacial score (nSPS) is 11.8. The molecular formula is C55H87BO3. The first-order chi connectivity index (χ1) is 29.2. The lowest BCUT2D eigenvalue weighted by atomic mass is 9.97. The molecule has 4 aromatic carbocycles. The predicted molar refractivity (Wildman–Crippen MR) is 261 cm³/mol. The lowest BCUT2D eigenvalue weighted by Crippen LogP contribution is -2.32. The van der Waals surface area contributed by atoms with E-state index < -0.39 is 7.32 Å². The molecule has 3 nitrogen and oxygen atoms in total. The summed E-state index contributed by atoms with van der Waals surface area (Å²) in [6, 6.07) is 23.5. The largest absolute Gasteiger partial charge is 0.710 e. The first kappa shape index (κ1) is 49.1. The van der Waals surface area contributed by atoms with Gasteiger partial charge in [-0.1, -0.05) is 268 Å². The highest BCUT2D eigenvalue weighted by Crippen LogP contribution is 2.35. The molecule has 59 heavy (non-hydrogen) atoms. The highest BCUT2D eigenvalue weighted by atomic mass is 16.7. The molecule has 328 valence electrons. The van der Waals surface area contributed by atoms with Crippen LogP contribution in [-0.4, -0.2) is 18.4 Å². The summed E-state index contributed by atoms with van der Waals surface area (Å²) in [5.41, 5.74) is 0. The summed E-state index contributed by atoms with van der Waals surface area (Å²) in [6.07, 6.45) is 46.0. The molecule has 0 radical (unpaired) electrons. The third kappa shape index (κ3) is 20.7. The second-order valence-electron chi connectivity index (χ2n) is 18.2. The van der Waals surface area contributed by atoms with Crippen molar-refractivity contribution in [2.75, 3.05) is 0 Å². The van der Waals surface area contributed by atoms with Gasteiger partial charge >= 0.3 is 7.32 Å². The highest BCUT2D eigenvalue weighted by Gasteiger charge is 2.25. The molecule has 0 aromatic heterocycles. The molecular weight excluding hydrogens is 719 g/mol. The fourth-order valence-electron chi connectivity index (χ4n) is 9.29. The van der Waals surface area contributed by atoms with Crippen LogP contribution in [0, 0.1) is 0 Å². The van der Waals surface area contributed by atoms with Crippen molar-refractivity contribution in [1.82, 2.24) is 0 Å². The summed E-state index contributed by atoms with van der Waals surface area (Å²) in [6.45, 7) is 4.60. The third-order valence-corrected chi connectivity index (χ3v) is 13.0. The highest BCUT2D eigenvalue weighted by molar-refractivity contribution is 6.36. The van der Waals surface area contributed by atoms with Gasteiger partial charge in [0, 0.05) is 11.5 Å². The van der Waals surface area contributed by atoms with Crippen LogP contribution in [0.15, 0.2) is 66.7 Å². The number of hydrogen-bond acceptors (Lipinski definition) is 3. The molecule has 4 rings (SSSR count). The summed E-state index contributed by atoms with van der Waals surface area (Å²) < 4.78 is 12.6. The van der Waals surface area contributed by atoms with Crippen LogP contribution in [0.2, 0.25) is 0 Å². The summed E-state index contributed by atoms with van der Waals surface area (Å²) in [7, 11) is -1.29. The molecule has 0 aliphatic carbocycles. The Morgan fingerprint density at radius 1 is 0.407 bits per heavy atom. The fourth-order valence-corrected chi connectivity index (χ4v) is 9.29. The Morgan fingerprint density at radius 3 is 1.22 bits per heavy atom. The Labute approximate surface area is 363 Å². The summed E-state index contributed by atoms with van der Waals surface area (Å²) in [5.74, 6) is 0.680. The standard InChI is InChI=1S/C55H87BO3/c1-3-5-7-9-11-13-15-17-19-21-23-25-27-29-31-33-41-52(42-34-32-30-28-26-24-22-20-18-16-14-12-10-8-6-4-2)58-56(57)59-54-43-37-40-48-44-45-51-46-49-38-35-36-39-50(49)47-53(51)55(48)54/h35-40,43-47,52,57H,3-34,41-42H2,1-2H3. The van der Waals surface area contributed by atoms with E-state index in [1.165, 1.54) is 209 Å². The van der Waals surface area contributed by atoms with Crippen LogP contribution < -0.4 is 4.65 Å². The zero-order chi connectivity index (χ0) is 41.4. The van der Waals surface area contributed by atoms with Crippen molar-refractivity contribution in [3.05, 3.63) is 66.7 Å². The maximum atomic E-state index is 11.3. The number of hydrogen-bond donors (Lipinski definition) is 1. The lowest BCUT2D eigenvalue weighted by Gasteiger charge is -2.21. The molecule has 0 aliphatic heterocycles. The Kier molecular flexibility index (Phi) is 26.8. The summed E-state index contributed by atoms with van der Waals surface area (Å²) >= 11 is 0. The van der Waals surface area contributed by atoms with E-state index in [-0.39, 0.29) is 6.10 Å². The van der Waals surface area contributed by atoms with Crippen LogP contribution in [0.3, 0.4) is 0 Å². The average molecular weight is 807 g/mol. The van der Waals surface area contributed by atoms with Gasteiger partial charge in [-0.15, -0.1) is 0 Å². The zero-order valence-corrected chi connectivity index (χ0v) is 38.3. The van der Waals surface area contributed by atoms with Crippen molar-refractivity contribution in [1.29, 1.82) is 0 Å². The van der Waals surface area contributed by atoms with Crippen LogP contribution in [0.1, 0.15) is 232 Å². The lowest BCUT2D eigenvalue weighted by molar-refractivity contribution is 0.106. The fraction of sp³-hybridized carbons (Fsp3) is 0.673. The second-order valence-corrected chi connectivity index (χ2v) is 18.2. The van der Waals surface area contributed by atoms with E-state index in [4.69, 9.17) is 9.31 Å². The minimum absolute atomic E-state index is 0.0129. The van der Waals surface area contributed by atoms with Gasteiger partial charge in [-0.2, -0.15) is 0 Å². The van der Waals surface area contributed by atoms with Crippen LogP contribution in [0.4, 0.5) is 0 Å². The van der Waals surface area contributed by atoms with Gasteiger partial charge in [0.2, 0.25) is 0 Å². The molecule has 4 heteroatoms. The van der Waals surface area contributed by atoms with Crippen molar-refractivity contribution in [3.8, 4) is 5.75 Å². The molecule has 4 aromatic rings. The molecule has 1 N–H and O–H groups in total. The quantitative estimate of drug-likeness (QED) is 0.0212. The average Bonchev–Trinajstić information content (AvgIpc) is 3.25. The molecule has 0 unspecified atom stereocenters. The van der Waals surface area contributed by atoms with Crippen molar-refractivity contribution in [2.24, 2.45) is 0 Å². The van der Waals surface area contributed by atoms with E-state index in [1.807, 2.05) is 12.1 Å². The van der Waals surface area contributed by atoms with E-state index in [0.717, 1.165) is 41.8 Å². The van der Waals surface area contributed by atoms with Gasteiger partial charge < -0.3 is 14.3 Å². The molecule has 0 saturated carbocycles. The van der Waals surface area contributed by atoms with Gasteiger partial charge in [-0.05, 0) is 58.0 Å². The Balaban J connectivity index is 1.16. The SMILES string of the molecule is CCCCCCCCCCCCCCCCCCC(CCCCCCCCCCCCCCCCCC)OB(O)Oc1cccc2ccc3cc4ccccc4cc3c12. The molecule has 0 fully saturated rings. The minimum Gasteiger partial charge on any atom is -0.511 e. The topological polar surface area (TPSA) is 38.7 Å². The monoisotopic (exact) mass is 807 g/mol. The first-order valence-corrected chi connectivity index (χ1v) is 25.5. The van der Waals surface area contributed by atoms with Crippen molar-refractivity contribution in [3.63, 3.8) is 0 Å². The maximum absolute atomic E-state index is 11.3. The number of unbranched alkanes of at least 4 members (excludes halogenated alkanes) is 30. The first-order valence-electron chi connectivity index (χ1n) is 25.5. The molecule has 0 amide bonds. The van der Waals surface area contributed by atoms with Crippen LogP contribution in [0.5, 0.6) is 5.75 Å². The number of benzene rings is 4. The van der Waals surface area contributed by atoms with Gasteiger partial charge in [-0.25, -0.2) is 0 Å². The Morgan fingerprint density at radius 2 is 0.780 bits per heavy atom. The van der Waals surface area contributed by atoms with Gasteiger partial charge in [0.15, 0.2) is 0 Å². The Bertz CT molecular complexity index is 1580. The minimum atomic E-state index is -1.29. The van der Waals surface area contributed by atoms with Gasteiger partial charge in [-0.3, -0.25) is 0 Å². The van der Waals surface area contributed by atoms with E-state index in [0.29, 0.717) is 5.75 Å². The van der Waals surface area contributed by atoms with E-state index >= 15 is 0 Å². The molecule has 0 heterocycles. The maximum Gasteiger partial charge on any atom is 0.710 e. The van der Waals surface area contributed by atoms with Crippen LogP contribution in [-0.2, 0) is 4.65 Å². The zero-order valence-electron chi connectivity index (χ0n) is 38.3.